The fraction of sp³-hybridized carbons (Fsp3) is 1.00. The van der Waals surface area contributed by atoms with Crippen molar-refractivity contribution >= 4 is 0 Å². The molecule has 0 bridgehead atoms. The molecule has 0 spiro atoms. The number of nitrogens with two attached hydrogens (primary N) is 1. The van der Waals surface area contributed by atoms with Gasteiger partial charge in [0, 0.05) is 5.92 Å². The van der Waals surface area contributed by atoms with Crippen LogP contribution in [0.3, 0.4) is 0 Å². The highest BCUT2D eigenvalue weighted by Gasteiger charge is 2.38. The lowest BCUT2D eigenvalue weighted by Crippen LogP contribution is -2.57. The van der Waals surface area contributed by atoms with Crippen molar-refractivity contribution in [3.8, 4) is 0 Å². The molecule has 0 radical (unpaired) electrons. The quantitative estimate of drug-likeness (QED) is 0.482. The molecule has 0 saturated carbocycles. The molecule has 1 saturated heterocycles. The van der Waals surface area contributed by atoms with Crippen molar-refractivity contribution in [1.29, 1.82) is 0 Å². The van der Waals surface area contributed by atoms with Crippen LogP contribution in [0.2, 0.25) is 0 Å². The summed E-state index contributed by atoms with van der Waals surface area (Å²) in [7, 11) is 0. The first-order chi connectivity index (χ1) is 5.57. The number of rotatable bonds is 1. The van der Waals surface area contributed by atoms with E-state index < -0.39 is 6.10 Å². The van der Waals surface area contributed by atoms with Gasteiger partial charge in [-0.15, -0.1) is 0 Å². The third-order valence-corrected chi connectivity index (χ3v) is 2.63. The van der Waals surface area contributed by atoms with E-state index in [0.717, 1.165) is 0 Å². The molecule has 1 rings (SSSR count). The van der Waals surface area contributed by atoms with E-state index in [0.29, 0.717) is 0 Å². The SMILES string of the molecule is C[C@@H]1C(CO)O[C@@H](C)[C@@H](N)C1O. The van der Waals surface area contributed by atoms with Crippen molar-refractivity contribution in [3.05, 3.63) is 0 Å². The summed E-state index contributed by atoms with van der Waals surface area (Å²) in [6.07, 6.45) is -1.05. The fourth-order valence-electron chi connectivity index (χ4n) is 1.55. The molecule has 4 N–H and O–H groups in total. The van der Waals surface area contributed by atoms with Crippen LogP contribution in [0.15, 0.2) is 0 Å². The monoisotopic (exact) mass is 175 g/mol. The molecule has 1 aliphatic rings. The van der Waals surface area contributed by atoms with Gasteiger partial charge < -0.3 is 20.7 Å². The van der Waals surface area contributed by atoms with Gasteiger partial charge in [0.1, 0.15) is 0 Å². The lowest BCUT2D eigenvalue weighted by molar-refractivity contribution is -0.149. The molecule has 0 aromatic rings. The van der Waals surface area contributed by atoms with Crippen LogP contribution in [0.25, 0.3) is 0 Å². The second kappa shape index (κ2) is 3.70. The Morgan fingerprint density at radius 2 is 2.00 bits per heavy atom. The number of aliphatic hydroxyl groups is 2. The Morgan fingerprint density at radius 3 is 2.50 bits per heavy atom. The van der Waals surface area contributed by atoms with Gasteiger partial charge in [0.25, 0.3) is 0 Å². The third kappa shape index (κ3) is 1.61. The Labute approximate surface area is 72.3 Å². The molecule has 0 aliphatic carbocycles. The van der Waals surface area contributed by atoms with Crippen molar-refractivity contribution in [2.75, 3.05) is 6.61 Å². The van der Waals surface area contributed by atoms with Crippen molar-refractivity contribution in [2.24, 2.45) is 11.7 Å². The molecule has 2 unspecified atom stereocenters. The average molecular weight is 175 g/mol. The molecular formula is C8H17NO3. The first-order valence-corrected chi connectivity index (χ1v) is 4.28. The first-order valence-electron chi connectivity index (χ1n) is 4.28. The van der Waals surface area contributed by atoms with Crippen LogP contribution in [0.1, 0.15) is 13.8 Å². The van der Waals surface area contributed by atoms with E-state index in [1.807, 2.05) is 13.8 Å². The number of aliphatic hydroxyl groups excluding tert-OH is 2. The Bertz CT molecular complexity index is 148. The smallest absolute Gasteiger partial charge is 0.0860 e. The maximum Gasteiger partial charge on any atom is 0.0860 e. The van der Waals surface area contributed by atoms with Crippen molar-refractivity contribution in [3.63, 3.8) is 0 Å². The van der Waals surface area contributed by atoms with E-state index in [4.69, 9.17) is 15.6 Å². The Hall–Kier alpha value is -0.160. The molecule has 4 heteroatoms. The predicted molar refractivity (Wildman–Crippen MR) is 44.6 cm³/mol. The van der Waals surface area contributed by atoms with E-state index in [2.05, 4.69) is 0 Å². The fourth-order valence-corrected chi connectivity index (χ4v) is 1.55. The highest BCUT2D eigenvalue weighted by atomic mass is 16.5. The molecule has 1 heterocycles. The largest absolute Gasteiger partial charge is 0.394 e. The molecule has 72 valence electrons. The summed E-state index contributed by atoms with van der Waals surface area (Å²) in [5.41, 5.74) is 5.67. The van der Waals surface area contributed by atoms with Crippen LogP contribution in [0.5, 0.6) is 0 Å². The molecular weight excluding hydrogens is 158 g/mol. The third-order valence-electron chi connectivity index (χ3n) is 2.63. The normalized spacial score (nSPS) is 49.2. The van der Waals surface area contributed by atoms with Gasteiger partial charge in [-0.1, -0.05) is 6.92 Å². The molecule has 12 heavy (non-hydrogen) atoms. The van der Waals surface area contributed by atoms with Crippen LogP contribution in [-0.2, 0) is 4.74 Å². The zero-order valence-electron chi connectivity index (χ0n) is 7.47. The highest BCUT2D eigenvalue weighted by molar-refractivity contribution is 4.90. The summed E-state index contributed by atoms with van der Waals surface area (Å²) >= 11 is 0. The molecule has 0 aromatic heterocycles. The van der Waals surface area contributed by atoms with Gasteiger partial charge >= 0.3 is 0 Å². The second-order valence-corrected chi connectivity index (χ2v) is 3.49. The van der Waals surface area contributed by atoms with E-state index in [9.17, 15) is 5.11 Å². The molecule has 1 fully saturated rings. The second-order valence-electron chi connectivity index (χ2n) is 3.49. The summed E-state index contributed by atoms with van der Waals surface area (Å²) in [5.74, 6) is -0.0961. The van der Waals surface area contributed by atoms with E-state index in [1.165, 1.54) is 0 Å². The lowest BCUT2D eigenvalue weighted by Gasteiger charge is -2.40. The van der Waals surface area contributed by atoms with Gasteiger partial charge in [-0.3, -0.25) is 0 Å². The number of hydrogen-bond acceptors (Lipinski definition) is 4. The summed E-state index contributed by atoms with van der Waals surface area (Å²) < 4.78 is 5.40. The molecule has 1 aliphatic heterocycles. The van der Waals surface area contributed by atoms with Crippen molar-refractivity contribution < 1.29 is 14.9 Å². The zero-order chi connectivity index (χ0) is 9.30. The summed E-state index contributed by atoms with van der Waals surface area (Å²) in [5, 5.41) is 18.5. The Morgan fingerprint density at radius 1 is 1.42 bits per heavy atom. The van der Waals surface area contributed by atoms with E-state index in [-0.39, 0.29) is 30.8 Å². The minimum Gasteiger partial charge on any atom is -0.394 e. The van der Waals surface area contributed by atoms with Gasteiger partial charge in [0.15, 0.2) is 0 Å². The van der Waals surface area contributed by atoms with Gasteiger partial charge in [0.05, 0.1) is 31.0 Å². The van der Waals surface area contributed by atoms with Gasteiger partial charge in [-0.2, -0.15) is 0 Å². The molecule has 5 atom stereocenters. The topological polar surface area (TPSA) is 75.7 Å². The standard InChI is InChI=1S/C8H17NO3/c1-4-6(3-10)12-5(2)7(9)8(4)11/h4-8,10-11H,3,9H2,1-2H3/t4-,5+,6?,7-,8?/m1/s1. The minimum atomic E-state index is -0.578. The van der Waals surface area contributed by atoms with E-state index >= 15 is 0 Å². The Kier molecular flexibility index (Phi) is 3.06. The van der Waals surface area contributed by atoms with E-state index in [1.54, 1.807) is 0 Å². The predicted octanol–water partition coefficient (Wildman–Crippen LogP) is -0.910. The summed E-state index contributed by atoms with van der Waals surface area (Å²) in [6, 6.07) is -0.345. The summed E-state index contributed by atoms with van der Waals surface area (Å²) in [4.78, 5) is 0. The van der Waals surface area contributed by atoms with Crippen LogP contribution in [-0.4, -0.2) is 41.2 Å². The number of ether oxygens (including phenoxy) is 1. The van der Waals surface area contributed by atoms with Gasteiger partial charge in [-0.05, 0) is 6.92 Å². The maximum absolute atomic E-state index is 9.60. The average Bonchev–Trinajstić information content (AvgIpc) is 2.08. The number of hydrogen-bond donors (Lipinski definition) is 3. The Balaban J connectivity index is 2.63. The van der Waals surface area contributed by atoms with Gasteiger partial charge in [0.2, 0.25) is 0 Å². The van der Waals surface area contributed by atoms with Gasteiger partial charge in [-0.25, -0.2) is 0 Å². The van der Waals surface area contributed by atoms with Crippen molar-refractivity contribution in [2.45, 2.75) is 38.2 Å². The maximum atomic E-state index is 9.60. The van der Waals surface area contributed by atoms with Crippen LogP contribution < -0.4 is 5.73 Å². The molecule has 0 amide bonds. The first kappa shape index (κ1) is 9.92. The van der Waals surface area contributed by atoms with Crippen LogP contribution in [0.4, 0.5) is 0 Å². The summed E-state index contributed by atoms with van der Waals surface area (Å²) in [6.45, 7) is 3.58. The zero-order valence-corrected chi connectivity index (χ0v) is 7.47. The molecule has 4 nitrogen and oxygen atoms in total. The minimum absolute atomic E-state index is 0.0602. The van der Waals surface area contributed by atoms with Crippen LogP contribution >= 0.6 is 0 Å². The van der Waals surface area contributed by atoms with Crippen molar-refractivity contribution in [1.82, 2.24) is 0 Å². The highest BCUT2D eigenvalue weighted by Crippen LogP contribution is 2.23. The van der Waals surface area contributed by atoms with Crippen LogP contribution in [0, 0.1) is 5.92 Å². The molecule has 0 aromatic carbocycles. The lowest BCUT2D eigenvalue weighted by atomic mass is 9.88.